The second-order valence-corrected chi connectivity index (χ2v) is 8.43. The van der Waals surface area contributed by atoms with Crippen LogP contribution in [0.3, 0.4) is 0 Å². The molecule has 1 amide bonds. The summed E-state index contributed by atoms with van der Waals surface area (Å²) in [4.78, 5) is 31.8. The van der Waals surface area contributed by atoms with E-state index in [0.717, 1.165) is 23.3 Å². The Bertz CT molecular complexity index is 1170. The van der Waals surface area contributed by atoms with Gasteiger partial charge >= 0.3 is 0 Å². The van der Waals surface area contributed by atoms with Crippen LogP contribution in [0.4, 0.5) is 0 Å². The van der Waals surface area contributed by atoms with Crippen LogP contribution >= 0.6 is 0 Å². The number of aromatic nitrogens is 2. The van der Waals surface area contributed by atoms with Gasteiger partial charge in [0.2, 0.25) is 0 Å². The van der Waals surface area contributed by atoms with Gasteiger partial charge in [-0.15, -0.1) is 0 Å². The first-order chi connectivity index (χ1) is 16.5. The summed E-state index contributed by atoms with van der Waals surface area (Å²) >= 11 is 0. The van der Waals surface area contributed by atoms with Gasteiger partial charge in [-0.2, -0.15) is 0 Å². The molecule has 2 aromatic carbocycles. The number of Topliss-reactive ketones (excluding diaryl/α,β-unsaturated/α-hetero) is 1. The molecule has 1 saturated heterocycles. The van der Waals surface area contributed by atoms with Crippen LogP contribution in [0.25, 0.3) is 5.76 Å². The molecule has 1 unspecified atom stereocenters. The fourth-order valence-electron chi connectivity index (χ4n) is 4.13. The van der Waals surface area contributed by atoms with Crippen molar-refractivity contribution < 1.29 is 19.4 Å². The van der Waals surface area contributed by atoms with E-state index in [4.69, 9.17) is 4.74 Å². The molecule has 176 valence electrons. The van der Waals surface area contributed by atoms with Crippen LogP contribution in [0.5, 0.6) is 5.75 Å². The summed E-state index contributed by atoms with van der Waals surface area (Å²) in [5.74, 6) is -0.708. The van der Waals surface area contributed by atoms with Gasteiger partial charge in [-0.25, -0.2) is 4.98 Å². The van der Waals surface area contributed by atoms with Gasteiger partial charge in [0.1, 0.15) is 11.5 Å². The standard InChI is InChI=1S/C27H29N3O4/c1-3-17-34-22-11-9-20(10-12-22)24-23(25(31)21-7-5-19(2)6-8-21)26(32)27(33)30(24)15-4-14-29-16-13-28-18-29/h5-13,16,18,24,31H,3-4,14-15,17H2,1-2H3. The van der Waals surface area contributed by atoms with E-state index in [-0.39, 0.29) is 11.3 Å². The minimum atomic E-state index is -0.677. The first-order valence-electron chi connectivity index (χ1n) is 11.5. The van der Waals surface area contributed by atoms with Crippen molar-refractivity contribution in [3.05, 3.63) is 89.5 Å². The molecule has 1 aliphatic heterocycles. The zero-order chi connectivity index (χ0) is 24.1. The summed E-state index contributed by atoms with van der Waals surface area (Å²) in [7, 11) is 0. The summed E-state index contributed by atoms with van der Waals surface area (Å²) in [6.07, 6.45) is 6.82. The van der Waals surface area contributed by atoms with Gasteiger partial charge in [-0.1, -0.05) is 48.9 Å². The molecule has 0 spiro atoms. The number of imidazole rings is 1. The molecule has 0 aliphatic carbocycles. The first-order valence-corrected chi connectivity index (χ1v) is 11.5. The molecule has 0 radical (unpaired) electrons. The van der Waals surface area contributed by atoms with E-state index >= 15 is 0 Å². The average Bonchev–Trinajstić information content (AvgIpc) is 3.45. The molecule has 0 saturated carbocycles. The van der Waals surface area contributed by atoms with Crippen LogP contribution in [-0.2, 0) is 16.1 Å². The van der Waals surface area contributed by atoms with Crippen LogP contribution in [0.1, 0.15) is 42.5 Å². The highest BCUT2D eigenvalue weighted by Gasteiger charge is 2.45. The van der Waals surface area contributed by atoms with Gasteiger partial charge in [0, 0.05) is 31.0 Å². The average molecular weight is 460 g/mol. The zero-order valence-corrected chi connectivity index (χ0v) is 19.5. The quantitative estimate of drug-likeness (QED) is 0.289. The molecule has 1 aromatic heterocycles. The van der Waals surface area contributed by atoms with E-state index in [1.807, 2.05) is 61.0 Å². The van der Waals surface area contributed by atoms with Crippen LogP contribution < -0.4 is 4.74 Å². The molecule has 1 N–H and O–H groups in total. The Kier molecular flexibility index (Phi) is 7.11. The highest BCUT2D eigenvalue weighted by molar-refractivity contribution is 6.46. The lowest BCUT2D eigenvalue weighted by atomic mass is 9.95. The van der Waals surface area contributed by atoms with Crippen LogP contribution in [0.15, 0.2) is 72.8 Å². The molecule has 1 aliphatic rings. The predicted molar refractivity (Wildman–Crippen MR) is 129 cm³/mol. The van der Waals surface area contributed by atoms with Crippen molar-refractivity contribution in [2.75, 3.05) is 13.2 Å². The Labute approximate surface area is 199 Å². The van der Waals surface area contributed by atoms with Gasteiger partial charge in [0.05, 0.1) is 24.5 Å². The predicted octanol–water partition coefficient (Wildman–Crippen LogP) is 4.49. The maximum atomic E-state index is 13.1. The topological polar surface area (TPSA) is 84.7 Å². The summed E-state index contributed by atoms with van der Waals surface area (Å²) in [6.45, 7) is 5.63. The van der Waals surface area contributed by atoms with Crippen molar-refractivity contribution in [2.45, 2.75) is 39.3 Å². The number of ketones is 1. The van der Waals surface area contributed by atoms with E-state index < -0.39 is 17.7 Å². The number of hydrogen-bond acceptors (Lipinski definition) is 5. The van der Waals surface area contributed by atoms with Gasteiger partial charge < -0.3 is 19.3 Å². The van der Waals surface area contributed by atoms with Crippen LogP contribution in [-0.4, -0.2) is 44.4 Å². The summed E-state index contributed by atoms with van der Waals surface area (Å²) in [6, 6.07) is 14.0. The molecular weight excluding hydrogens is 430 g/mol. The number of benzene rings is 2. The summed E-state index contributed by atoms with van der Waals surface area (Å²) < 4.78 is 7.61. The third-order valence-electron chi connectivity index (χ3n) is 5.91. The maximum absolute atomic E-state index is 13.1. The molecule has 1 fully saturated rings. The number of hydrogen-bond donors (Lipinski definition) is 1. The molecule has 0 bridgehead atoms. The smallest absolute Gasteiger partial charge is 0.295 e. The number of carbonyl (C=O) groups excluding carboxylic acids is 2. The van der Waals surface area contributed by atoms with E-state index in [9.17, 15) is 14.7 Å². The number of likely N-dealkylation sites (tertiary alicyclic amines) is 1. The lowest BCUT2D eigenvalue weighted by molar-refractivity contribution is -0.139. The van der Waals surface area contributed by atoms with Gasteiger partial charge in [-0.05, 0) is 37.5 Å². The van der Waals surface area contributed by atoms with Crippen molar-refractivity contribution in [2.24, 2.45) is 0 Å². The molecule has 34 heavy (non-hydrogen) atoms. The third-order valence-corrected chi connectivity index (χ3v) is 5.91. The minimum Gasteiger partial charge on any atom is -0.507 e. The third kappa shape index (κ3) is 4.88. The molecule has 1 atom stereocenters. The van der Waals surface area contributed by atoms with Gasteiger partial charge in [0.15, 0.2) is 0 Å². The maximum Gasteiger partial charge on any atom is 0.295 e. The van der Waals surface area contributed by atoms with Crippen molar-refractivity contribution in [3.63, 3.8) is 0 Å². The Balaban J connectivity index is 1.69. The number of rotatable bonds is 9. The minimum absolute atomic E-state index is 0.110. The van der Waals surface area contributed by atoms with E-state index in [1.54, 1.807) is 29.6 Å². The Hall–Kier alpha value is -3.87. The number of carbonyl (C=O) groups is 2. The van der Waals surface area contributed by atoms with Gasteiger partial charge in [0.25, 0.3) is 11.7 Å². The van der Waals surface area contributed by atoms with E-state index in [1.165, 1.54) is 0 Å². The second-order valence-electron chi connectivity index (χ2n) is 8.43. The summed E-state index contributed by atoms with van der Waals surface area (Å²) in [5, 5.41) is 11.1. The fraction of sp³-hybridized carbons (Fsp3) is 0.296. The van der Waals surface area contributed by atoms with Crippen molar-refractivity contribution in [1.29, 1.82) is 0 Å². The van der Waals surface area contributed by atoms with Crippen LogP contribution in [0, 0.1) is 6.92 Å². The van der Waals surface area contributed by atoms with Crippen molar-refractivity contribution >= 4 is 17.4 Å². The highest BCUT2D eigenvalue weighted by Crippen LogP contribution is 2.40. The van der Waals surface area contributed by atoms with E-state index in [2.05, 4.69) is 4.98 Å². The molecule has 4 rings (SSSR count). The Morgan fingerprint density at radius 3 is 2.44 bits per heavy atom. The number of ether oxygens (including phenoxy) is 1. The number of amides is 1. The molecule has 7 heteroatoms. The second kappa shape index (κ2) is 10.4. The van der Waals surface area contributed by atoms with Crippen molar-refractivity contribution in [3.8, 4) is 5.75 Å². The lowest BCUT2D eigenvalue weighted by Gasteiger charge is -2.25. The lowest BCUT2D eigenvalue weighted by Crippen LogP contribution is -2.31. The highest BCUT2D eigenvalue weighted by atomic mass is 16.5. The number of aliphatic hydroxyl groups is 1. The normalized spacial score (nSPS) is 17.4. The molecule has 3 aromatic rings. The van der Waals surface area contributed by atoms with Crippen LogP contribution in [0.2, 0.25) is 0 Å². The fourth-order valence-corrected chi connectivity index (χ4v) is 4.13. The zero-order valence-electron chi connectivity index (χ0n) is 19.5. The molecule has 7 nitrogen and oxygen atoms in total. The molecule has 2 heterocycles. The monoisotopic (exact) mass is 459 g/mol. The van der Waals surface area contributed by atoms with E-state index in [0.29, 0.717) is 31.7 Å². The number of aliphatic hydroxyl groups excluding tert-OH is 1. The Morgan fingerprint density at radius 2 is 1.79 bits per heavy atom. The number of nitrogens with zero attached hydrogens (tertiary/aromatic N) is 3. The largest absolute Gasteiger partial charge is 0.507 e. The molecular formula is C27H29N3O4. The summed E-state index contributed by atoms with van der Waals surface area (Å²) in [5.41, 5.74) is 2.41. The number of aryl methyl sites for hydroxylation is 2. The first kappa shape index (κ1) is 23.3. The van der Waals surface area contributed by atoms with Crippen molar-refractivity contribution in [1.82, 2.24) is 14.5 Å². The SMILES string of the molecule is CCCOc1ccc(C2C(=C(O)c3ccc(C)cc3)C(=O)C(=O)N2CCCn2ccnc2)cc1. The Morgan fingerprint density at radius 1 is 1.06 bits per heavy atom. The van der Waals surface area contributed by atoms with Gasteiger partial charge in [-0.3, -0.25) is 9.59 Å².